The first kappa shape index (κ1) is 20.5. The molecule has 22 heavy (non-hydrogen) atoms. The topological polar surface area (TPSA) is 20.2 Å². The van der Waals surface area contributed by atoms with E-state index in [1.807, 2.05) is 0 Å². The number of allylic oxidation sites excluding steroid dienone is 1. The first-order valence-electron chi connectivity index (χ1n) is 10.00. The Kier molecular flexibility index (Phi) is 10.4. The van der Waals surface area contributed by atoms with E-state index in [9.17, 15) is 5.11 Å². The second-order valence-corrected chi connectivity index (χ2v) is 21.7. The molecule has 0 bridgehead atoms. The Balaban J connectivity index is 2.69. The number of hydrogen-bond donors (Lipinski definition) is 1. The summed E-state index contributed by atoms with van der Waals surface area (Å²) in [5, 5.41) is 10.6. The summed E-state index contributed by atoms with van der Waals surface area (Å²) in [6.07, 6.45) is 17.4. The van der Waals surface area contributed by atoms with Crippen LogP contribution >= 0.6 is 0 Å². The van der Waals surface area contributed by atoms with Gasteiger partial charge in [0, 0.05) is 0 Å². The van der Waals surface area contributed by atoms with Crippen LogP contribution in [0.25, 0.3) is 0 Å². The zero-order chi connectivity index (χ0) is 16.3. The molecule has 1 N–H and O–H groups in total. The molecule has 1 saturated carbocycles. The number of aliphatic hydroxyl groups is 1. The van der Waals surface area contributed by atoms with Gasteiger partial charge in [0.15, 0.2) is 0 Å². The van der Waals surface area contributed by atoms with Crippen molar-refractivity contribution >= 4 is 18.4 Å². The Morgan fingerprint density at radius 1 is 0.864 bits per heavy atom. The van der Waals surface area contributed by atoms with Crippen LogP contribution in [0.2, 0.25) is 17.7 Å². The molecule has 2 heteroatoms. The third-order valence-electron chi connectivity index (χ3n) is 5.63. The second kappa shape index (κ2) is 11.1. The van der Waals surface area contributed by atoms with Gasteiger partial charge in [0.1, 0.15) is 0 Å². The van der Waals surface area contributed by atoms with E-state index in [1.54, 1.807) is 13.3 Å². The standard InChI is InChI=1S/C8H13O.3C4H9.Sn/c1-2-5-8(9)6-3-4-7-8;3*1-3-4-2;/h2,5,9H,1,3-4,6-7H2;3*1,3-4H2,2H3;/b5-2+;;;;. The third-order valence-corrected chi connectivity index (χ3v) is 20.9. The van der Waals surface area contributed by atoms with Crippen molar-refractivity contribution in [2.24, 2.45) is 0 Å². The van der Waals surface area contributed by atoms with Crippen molar-refractivity contribution in [2.75, 3.05) is 0 Å². The molecule has 1 aliphatic carbocycles. The fourth-order valence-corrected chi connectivity index (χ4v) is 19.1. The summed E-state index contributed by atoms with van der Waals surface area (Å²) in [4.78, 5) is 0. The predicted molar refractivity (Wildman–Crippen MR) is 102 cm³/mol. The second-order valence-electron chi connectivity index (χ2n) is 7.73. The van der Waals surface area contributed by atoms with Crippen LogP contribution in [-0.4, -0.2) is 29.1 Å². The van der Waals surface area contributed by atoms with Gasteiger partial charge in [-0.1, -0.05) is 0 Å². The van der Waals surface area contributed by atoms with Crippen molar-refractivity contribution in [2.45, 2.75) is 108 Å². The molecule has 1 rings (SSSR count). The first-order valence-corrected chi connectivity index (χ1v) is 18.1. The van der Waals surface area contributed by atoms with E-state index < -0.39 is 24.0 Å². The molecule has 0 radical (unpaired) electrons. The average Bonchev–Trinajstić information content (AvgIpc) is 2.95. The molecule has 0 aromatic heterocycles. The van der Waals surface area contributed by atoms with E-state index in [-0.39, 0.29) is 0 Å². The summed E-state index contributed by atoms with van der Waals surface area (Å²) < 4.78 is 6.12. The molecule has 0 unspecified atom stereocenters. The van der Waals surface area contributed by atoms with Crippen molar-refractivity contribution in [1.29, 1.82) is 0 Å². The first-order chi connectivity index (χ1) is 10.6. The molecule has 1 aliphatic rings. The van der Waals surface area contributed by atoms with Crippen LogP contribution in [-0.2, 0) is 0 Å². The van der Waals surface area contributed by atoms with Crippen LogP contribution in [0.1, 0.15) is 85.0 Å². The molecular formula is C20H40OSn. The normalized spacial score (nSPS) is 18.4. The van der Waals surface area contributed by atoms with E-state index in [2.05, 4.69) is 32.9 Å². The summed E-state index contributed by atoms with van der Waals surface area (Å²) in [7, 11) is 0. The van der Waals surface area contributed by atoms with Crippen LogP contribution < -0.4 is 0 Å². The number of rotatable bonds is 12. The van der Waals surface area contributed by atoms with E-state index in [0.29, 0.717) is 0 Å². The van der Waals surface area contributed by atoms with Gasteiger partial charge in [0.2, 0.25) is 0 Å². The van der Waals surface area contributed by atoms with Crippen LogP contribution in [0, 0.1) is 0 Å². The van der Waals surface area contributed by atoms with Crippen molar-refractivity contribution in [3.8, 4) is 0 Å². The third kappa shape index (κ3) is 7.38. The summed E-state index contributed by atoms with van der Waals surface area (Å²) in [6, 6.07) is 0. The van der Waals surface area contributed by atoms with Crippen molar-refractivity contribution in [3.63, 3.8) is 0 Å². The summed E-state index contributed by atoms with van der Waals surface area (Å²) in [5.74, 6) is 0. The van der Waals surface area contributed by atoms with Gasteiger partial charge in [-0.3, -0.25) is 0 Å². The number of hydrogen-bond acceptors (Lipinski definition) is 1. The van der Waals surface area contributed by atoms with Gasteiger partial charge in [-0.15, -0.1) is 0 Å². The van der Waals surface area contributed by atoms with Gasteiger partial charge in [-0.05, 0) is 0 Å². The summed E-state index contributed by atoms with van der Waals surface area (Å²) in [5.41, 5.74) is -0.447. The van der Waals surface area contributed by atoms with Gasteiger partial charge in [0.05, 0.1) is 0 Å². The van der Waals surface area contributed by atoms with E-state index in [1.165, 1.54) is 55.8 Å². The molecule has 1 fully saturated rings. The maximum absolute atomic E-state index is 10.6. The van der Waals surface area contributed by atoms with Crippen LogP contribution in [0.4, 0.5) is 0 Å². The average molecular weight is 415 g/mol. The Morgan fingerprint density at radius 3 is 1.73 bits per heavy atom. The minimum atomic E-state index is -2.01. The van der Waals surface area contributed by atoms with Gasteiger partial charge in [0.25, 0.3) is 0 Å². The van der Waals surface area contributed by atoms with E-state index in [0.717, 1.165) is 12.8 Å². The Hall–Kier alpha value is 0.499. The molecule has 0 atom stereocenters. The van der Waals surface area contributed by atoms with Crippen molar-refractivity contribution in [3.05, 3.63) is 12.2 Å². The van der Waals surface area contributed by atoms with Crippen LogP contribution in [0.5, 0.6) is 0 Å². The molecular weight excluding hydrogens is 375 g/mol. The quantitative estimate of drug-likeness (QED) is 0.278. The SMILES string of the molecule is CCC[CH2][Sn]([CH2]/C=C/C1(O)CCCC1)([CH2]CCC)[CH2]CCC. The molecule has 130 valence electrons. The van der Waals surface area contributed by atoms with Gasteiger partial charge < -0.3 is 0 Å². The fraction of sp³-hybridized carbons (Fsp3) is 0.900. The number of unbranched alkanes of at least 4 members (excludes halogenated alkanes) is 3. The molecule has 0 aromatic rings. The van der Waals surface area contributed by atoms with Crippen LogP contribution in [0.3, 0.4) is 0 Å². The molecule has 0 aliphatic heterocycles. The maximum atomic E-state index is 10.6. The van der Waals surface area contributed by atoms with E-state index >= 15 is 0 Å². The molecule has 0 heterocycles. The fourth-order valence-electron chi connectivity index (χ4n) is 4.02. The molecule has 0 saturated heterocycles. The van der Waals surface area contributed by atoms with Gasteiger partial charge in [-0.2, -0.15) is 0 Å². The van der Waals surface area contributed by atoms with Crippen molar-refractivity contribution < 1.29 is 5.11 Å². The Bertz CT molecular complexity index is 283. The summed E-state index contributed by atoms with van der Waals surface area (Å²) >= 11 is -2.01. The minimum absolute atomic E-state index is 0.447. The van der Waals surface area contributed by atoms with Gasteiger partial charge in [-0.25, -0.2) is 0 Å². The Morgan fingerprint density at radius 2 is 1.32 bits per heavy atom. The molecule has 1 nitrogen and oxygen atoms in total. The van der Waals surface area contributed by atoms with Gasteiger partial charge >= 0.3 is 144 Å². The Labute approximate surface area is 143 Å². The van der Waals surface area contributed by atoms with Crippen molar-refractivity contribution in [1.82, 2.24) is 0 Å². The monoisotopic (exact) mass is 416 g/mol. The molecule has 0 spiro atoms. The zero-order valence-electron chi connectivity index (χ0n) is 15.5. The molecule has 0 amide bonds. The van der Waals surface area contributed by atoms with Crippen LogP contribution in [0.15, 0.2) is 12.2 Å². The molecule has 0 aromatic carbocycles. The summed E-state index contributed by atoms with van der Waals surface area (Å²) in [6.45, 7) is 7.02. The van der Waals surface area contributed by atoms with E-state index in [4.69, 9.17) is 0 Å². The predicted octanol–water partition coefficient (Wildman–Crippen LogP) is 6.70. The zero-order valence-corrected chi connectivity index (χ0v) is 18.4.